The van der Waals surface area contributed by atoms with Crippen LogP contribution in [0.5, 0.6) is 5.88 Å². The number of nitrogens with zero attached hydrogens (tertiary/aromatic N) is 3. The fraction of sp³-hybridized carbons (Fsp3) is 0.0833. The molecule has 0 saturated carbocycles. The van der Waals surface area contributed by atoms with Gasteiger partial charge in [0.1, 0.15) is 0 Å². The first-order valence-electron chi connectivity index (χ1n) is 9.71. The summed E-state index contributed by atoms with van der Waals surface area (Å²) < 4.78 is 1.69. The molecule has 0 bridgehead atoms. The Morgan fingerprint density at radius 1 is 0.968 bits per heavy atom. The number of carbonyl (C=O) groups is 2. The Kier molecular flexibility index (Phi) is 5.57. The number of fused-ring (bicyclic) bond motifs is 1. The Hall–Kier alpha value is -4.26. The molecule has 7 heteroatoms. The highest BCUT2D eigenvalue weighted by Crippen LogP contribution is 2.39. The molecule has 0 aliphatic rings. The Balaban J connectivity index is 1.60. The molecule has 2 N–H and O–H groups in total. The zero-order valence-corrected chi connectivity index (χ0v) is 16.8. The van der Waals surface area contributed by atoms with E-state index in [0.29, 0.717) is 17.6 Å². The van der Waals surface area contributed by atoms with Crippen LogP contribution < -0.4 is 5.32 Å². The molecule has 4 rings (SSSR count). The largest absolute Gasteiger partial charge is 0.493 e. The van der Waals surface area contributed by atoms with Gasteiger partial charge in [-0.05, 0) is 36.2 Å². The molecule has 3 aromatic carbocycles. The first kappa shape index (κ1) is 20.0. The predicted octanol–water partition coefficient (Wildman–Crippen LogP) is 4.95. The number of azo groups is 1. The lowest BCUT2D eigenvalue weighted by molar-refractivity contribution is -0.134. The quantitative estimate of drug-likeness (QED) is 0.366. The van der Waals surface area contributed by atoms with Gasteiger partial charge in [-0.3, -0.25) is 9.59 Å². The lowest BCUT2D eigenvalue weighted by atomic mass is 10.2. The molecule has 0 aliphatic heterocycles. The SMILES string of the molecule is Cc1cccc(NC(=O)C(=O)N=Nc2c(O)n(Cc3ccccc3)c3ccccc23)c1. The first-order chi connectivity index (χ1) is 15.0. The van der Waals surface area contributed by atoms with Gasteiger partial charge in [0.05, 0.1) is 12.1 Å². The Morgan fingerprint density at radius 3 is 2.48 bits per heavy atom. The van der Waals surface area contributed by atoms with Crippen LogP contribution in [-0.2, 0) is 16.1 Å². The third kappa shape index (κ3) is 4.35. The van der Waals surface area contributed by atoms with Crippen molar-refractivity contribution in [2.24, 2.45) is 10.2 Å². The molecule has 0 unspecified atom stereocenters. The molecule has 0 spiro atoms. The van der Waals surface area contributed by atoms with Crippen LogP contribution in [0, 0.1) is 6.92 Å². The van der Waals surface area contributed by atoms with Crippen LogP contribution in [0.25, 0.3) is 10.9 Å². The van der Waals surface area contributed by atoms with Crippen molar-refractivity contribution in [1.29, 1.82) is 0 Å². The molecule has 0 aliphatic carbocycles. The van der Waals surface area contributed by atoms with Gasteiger partial charge < -0.3 is 15.0 Å². The summed E-state index contributed by atoms with van der Waals surface area (Å²) in [5, 5.41) is 21.4. The highest BCUT2D eigenvalue weighted by atomic mass is 16.3. The molecular formula is C24H20N4O3. The van der Waals surface area contributed by atoms with Gasteiger partial charge in [0, 0.05) is 11.1 Å². The number of aromatic nitrogens is 1. The van der Waals surface area contributed by atoms with Crippen LogP contribution in [0.2, 0.25) is 0 Å². The second kappa shape index (κ2) is 8.62. The number of carbonyl (C=O) groups excluding carboxylic acids is 2. The first-order valence-corrected chi connectivity index (χ1v) is 9.71. The van der Waals surface area contributed by atoms with Crippen LogP contribution >= 0.6 is 0 Å². The van der Waals surface area contributed by atoms with E-state index in [-0.39, 0.29) is 11.6 Å². The van der Waals surface area contributed by atoms with Gasteiger partial charge in [-0.2, -0.15) is 0 Å². The number of hydrogen-bond donors (Lipinski definition) is 2. The number of amides is 2. The fourth-order valence-corrected chi connectivity index (χ4v) is 3.34. The molecule has 31 heavy (non-hydrogen) atoms. The van der Waals surface area contributed by atoms with Gasteiger partial charge in [0.15, 0.2) is 5.69 Å². The number of rotatable bonds is 4. The van der Waals surface area contributed by atoms with Gasteiger partial charge >= 0.3 is 11.8 Å². The normalized spacial score (nSPS) is 11.1. The average molecular weight is 412 g/mol. The zero-order valence-electron chi connectivity index (χ0n) is 16.8. The zero-order chi connectivity index (χ0) is 21.8. The Morgan fingerprint density at radius 2 is 1.71 bits per heavy atom. The Labute approximate surface area is 178 Å². The minimum Gasteiger partial charge on any atom is -0.493 e. The molecule has 0 atom stereocenters. The van der Waals surface area contributed by atoms with Crippen molar-refractivity contribution in [1.82, 2.24) is 4.57 Å². The molecule has 1 heterocycles. The maximum Gasteiger partial charge on any atom is 0.353 e. The highest BCUT2D eigenvalue weighted by molar-refractivity contribution is 6.40. The molecule has 4 aromatic rings. The van der Waals surface area contributed by atoms with E-state index in [1.54, 1.807) is 34.9 Å². The Bertz CT molecular complexity index is 1290. The van der Waals surface area contributed by atoms with Gasteiger partial charge in [-0.15, -0.1) is 10.2 Å². The number of aromatic hydroxyl groups is 1. The molecule has 1 aromatic heterocycles. The lowest BCUT2D eigenvalue weighted by Gasteiger charge is -2.06. The van der Waals surface area contributed by atoms with E-state index in [0.717, 1.165) is 16.6 Å². The lowest BCUT2D eigenvalue weighted by Crippen LogP contribution is -2.20. The van der Waals surface area contributed by atoms with Crippen LogP contribution in [-0.4, -0.2) is 21.5 Å². The monoisotopic (exact) mass is 412 g/mol. The maximum absolute atomic E-state index is 12.2. The smallest absolute Gasteiger partial charge is 0.353 e. The number of para-hydroxylation sites is 1. The minimum atomic E-state index is -1.05. The van der Waals surface area contributed by atoms with E-state index in [1.807, 2.05) is 55.5 Å². The van der Waals surface area contributed by atoms with Crippen molar-refractivity contribution < 1.29 is 14.7 Å². The molecule has 0 fully saturated rings. The minimum absolute atomic E-state index is 0.124. The van der Waals surface area contributed by atoms with Crippen LogP contribution in [0.3, 0.4) is 0 Å². The fourth-order valence-electron chi connectivity index (χ4n) is 3.34. The van der Waals surface area contributed by atoms with Crippen molar-refractivity contribution in [3.63, 3.8) is 0 Å². The van der Waals surface area contributed by atoms with E-state index in [1.165, 1.54) is 0 Å². The second-order valence-corrected chi connectivity index (χ2v) is 7.09. The van der Waals surface area contributed by atoms with E-state index in [4.69, 9.17) is 0 Å². The number of benzene rings is 3. The van der Waals surface area contributed by atoms with E-state index in [9.17, 15) is 14.7 Å². The molecule has 7 nitrogen and oxygen atoms in total. The van der Waals surface area contributed by atoms with Crippen molar-refractivity contribution in [2.45, 2.75) is 13.5 Å². The summed E-state index contributed by atoms with van der Waals surface area (Å²) in [4.78, 5) is 24.3. The topological polar surface area (TPSA) is 96.1 Å². The summed E-state index contributed by atoms with van der Waals surface area (Å²) in [7, 11) is 0. The van der Waals surface area contributed by atoms with Crippen molar-refractivity contribution in [3.05, 3.63) is 90.0 Å². The van der Waals surface area contributed by atoms with E-state index >= 15 is 0 Å². The standard InChI is InChI=1S/C24H20N4O3/c1-16-8-7-11-18(14-16)25-22(29)23(30)27-26-21-19-12-5-6-13-20(19)28(24(21)31)15-17-9-3-2-4-10-17/h2-14,31H,15H2,1H3,(H,25,29). The molecule has 0 saturated heterocycles. The average Bonchev–Trinajstić information content (AvgIpc) is 3.04. The molecule has 154 valence electrons. The van der Waals surface area contributed by atoms with Gasteiger partial charge in [-0.25, -0.2) is 0 Å². The van der Waals surface area contributed by atoms with Gasteiger partial charge in [0.25, 0.3) is 0 Å². The summed E-state index contributed by atoms with van der Waals surface area (Å²) in [6.45, 7) is 2.30. The highest BCUT2D eigenvalue weighted by Gasteiger charge is 2.18. The maximum atomic E-state index is 12.2. The van der Waals surface area contributed by atoms with Crippen LogP contribution in [0.15, 0.2) is 89.1 Å². The van der Waals surface area contributed by atoms with Crippen molar-refractivity contribution in [2.75, 3.05) is 5.32 Å². The summed E-state index contributed by atoms with van der Waals surface area (Å²) in [6.07, 6.45) is 0. The summed E-state index contributed by atoms with van der Waals surface area (Å²) in [6, 6.07) is 24.0. The van der Waals surface area contributed by atoms with Crippen molar-refractivity contribution in [3.8, 4) is 5.88 Å². The van der Waals surface area contributed by atoms with Crippen LogP contribution in [0.4, 0.5) is 11.4 Å². The number of anilines is 1. The van der Waals surface area contributed by atoms with Gasteiger partial charge in [0.2, 0.25) is 5.88 Å². The van der Waals surface area contributed by atoms with Crippen molar-refractivity contribution >= 4 is 34.1 Å². The number of aryl methyl sites for hydroxylation is 1. The number of nitrogens with one attached hydrogen (secondary N) is 1. The third-order valence-corrected chi connectivity index (χ3v) is 4.81. The number of hydrogen-bond acceptors (Lipinski definition) is 4. The predicted molar refractivity (Wildman–Crippen MR) is 118 cm³/mol. The molecule has 0 radical (unpaired) electrons. The second-order valence-electron chi connectivity index (χ2n) is 7.09. The summed E-state index contributed by atoms with van der Waals surface area (Å²) >= 11 is 0. The molecular weight excluding hydrogens is 392 g/mol. The van der Waals surface area contributed by atoms with Crippen LogP contribution in [0.1, 0.15) is 11.1 Å². The summed E-state index contributed by atoms with van der Waals surface area (Å²) in [5.74, 6) is -2.08. The molecule has 2 amide bonds. The van der Waals surface area contributed by atoms with E-state index in [2.05, 4.69) is 15.5 Å². The van der Waals surface area contributed by atoms with E-state index < -0.39 is 11.8 Å². The third-order valence-electron chi connectivity index (χ3n) is 4.81. The van der Waals surface area contributed by atoms with Gasteiger partial charge in [-0.1, -0.05) is 60.7 Å². The summed E-state index contributed by atoms with van der Waals surface area (Å²) in [5.41, 5.74) is 3.33.